The Kier molecular flexibility index (Phi) is 10.3. The van der Waals surface area contributed by atoms with Crippen LogP contribution in [0.15, 0.2) is 35.7 Å². The number of hydrogen-bond acceptors (Lipinski definition) is 6. The molecule has 0 bridgehead atoms. The van der Waals surface area contributed by atoms with Crippen molar-refractivity contribution in [3.05, 3.63) is 58.6 Å². The number of carbonyl (C=O) groups excluding carboxylic acids is 1. The minimum atomic E-state index is -4.96. The Morgan fingerprint density at radius 3 is 2.49 bits per heavy atom. The van der Waals surface area contributed by atoms with Crippen LogP contribution >= 0.6 is 23.4 Å². The van der Waals surface area contributed by atoms with Gasteiger partial charge in [0.15, 0.2) is 0 Å². The Hall–Kier alpha value is -2.87. The van der Waals surface area contributed by atoms with Crippen molar-refractivity contribution in [2.75, 3.05) is 51.1 Å². The van der Waals surface area contributed by atoms with Crippen LogP contribution in [0.1, 0.15) is 25.0 Å². The van der Waals surface area contributed by atoms with Crippen LogP contribution in [-0.2, 0) is 20.4 Å². The maximum Gasteiger partial charge on any atom is 0.417 e. The molecule has 2 aliphatic rings. The van der Waals surface area contributed by atoms with Gasteiger partial charge in [-0.1, -0.05) is 18.2 Å². The van der Waals surface area contributed by atoms with Crippen molar-refractivity contribution in [2.24, 2.45) is 0 Å². The zero-order valence-electron chi connectivity index (χ0n) is 23.8. The molecular weight excluding hydrogens is 615 g/mol. The minimum Gasteiger partial charge on any atom is -0.382 e. The Balaban J connectivity index is 1.86. The fraction of sp³-hybridized carbons (Fsp3) is 0.448. The number of nitrogens with one attached hydrogen (secondary N) is 2. The van der Waals surface area contributed by atoms with Crippen LogP contribution in [0, 0.1) is 17.0 Å². The van der Waals surface area contributed by atoms with Crippen LogP contribution in [-0.4, -0.2) is 85.4 Å². The fourth-order valence-corrected chi connectivity index (χ4v) is 6.63. The number of amides is 1. The first kappa shape index (κ1) is 33.0. The molecule has 1 saturated heterocycles. The molecule has 0 aliphatic carbocycles. The molecule has 0 aromatic heterocycles. The average Bonchev–Trinajstić information content (AvgIpc) is 2.96. The number of carbonyl (C=O) groups is 1. The van der Waals surface area contributed by atoms with E-state index in [1.807, 2.05) is 0 Å². The molecule has 43 heavy (non-hydrogen) atoms. The van der Waals surface area contributed by atoms with E-state index in [-0.39, 0.29) is 65.4 Å². The van der Waals surface area contributed by atoms with Crippen LogP contribution in [0.25, 0.3) is 11.1 Å². The molecule has 0 radical (unpaired) electrons. The second kappa shape index (κ2) is 13.4. The number of fused-ring (bicyclic) bond motifs is 1. The van der Waals surface area contributed by atoms with E-state index < -0.39 is 45.6 Å². The fourth-order valence-electron chi connectivity index (χ4n) is 5.24. The lowest BCUT2D eigenvalue weighted by Crippen LogP contribution is -2.59. The number of alkyl halides is 3. The third-order valence-corrected chi connectivity index (χ3v) is 8.94. The lowest BCUT2D eigenvalue weighted by Gasteiger charge is -2.45. The Bertz CT molecular complexity index is 1410. The van der Waals surface area contributed by atoms with E-state index in [0.717, 1.165) is 23.9 Å². The van der Waals surface area contributed by atoms with Gasteiger partial charge in [-0.25, -0.2) is 8.78 Å². The summed E-state index contributed by atoms with van der Waals surface area (Å²) in [5.41, 5.74) is -2.02. The van der Waals surface area contributed by atoms with Gasteiger partial charge in [0.25, 0.3) is 0 Å². The van der Waals surface area contributed by atoms with Gasteiger partial charge in [0.05, 0.1) is 42.1 Å². The molecule has 3 atom stereocenters. The summed E-state index contributed by atoms with van der Waals surface area (Å²) in [6, 6.07) is 1.02. The molecule has 7 nitrogen and oxygen atoms in total. The molecule has 2 heterocycles. The molecule has 2 aliphatic heterocycles. The van der Waals surface area contributed by atoms with Crippen LogP contribution in [0.3, 0.4) is 0 Å². The number of piperazine rings is 1. The quantitative estimate of drug-likeness (QED) is 0.0878. The summed E-state index contributed by atoms with van der Waals surface area (Å²) in [5, 5.41) is 11.8. The number of halogens is 6. The van der Waals surface area contributed by atoms with E-state index in [1.165, 1.54) is 13.2 Å². The summed E-state index contributed by atoms with van der Waals surface area (Å²) in [7, 11) is 1.53. The van der Waals surface area contributed by atoms with Gasteiger partial charge in [0.1, 0.15) is 17.5 Å². The summed E-state index contributed by atoms with van der Waals surface area (Å²) in [4.78, 5) is 15.6. The Morgan fingerprint density at radius 1 is 1.16 bits per heavy atom. The average molecular weight is 647 g/mol. The summed E-state index contributed by atoms with van der Waals surface area (Å²) in [6.45, 7) is 8.37. The molecule has 1 fully saturated rings. The van der Waals surface area contributed by atoms with Gasteiger partial charge in [0.2, 0.25) is 5.91 Å². The van der Waals surface area contributed by atoms with Crippen molar-refractivity contribution < 1.29 is 36.2 Å². The Morgan fingerprint density at radius 2 is 1.84 bits per heavy atom. The predicted molar refractivity (Wildman–Crippen MR) is 157 cm³/mol. The van der Waals surface area contributed by atoms with Crippen molar-refractivity contribution in [3.63, 3.8) is 0 Å². The van der Waals surface area contributed by atoms with Crippen molar-refractivity contribution >= 4 is 40.8 Å². The monoisotopic (exact) mass is 646 g/mol. The van der Waals surface area contributed by atoms with Gasteiger partial charge in [-0.15, -0.1) is 11.8 Å². The van der Waals surface area contributed by atoms with E-state index in [2.05, 4.69) is 11.9 Å². The van der Waals surface area contributed by atoms with Crippen molar-refractivity contribution in [1.82, 2.24) is 9.80 Å². The molecule has 2 N–H and O–H groups in total. The first-order valence-corrected chi connectivity index (χ1v) is 14.8. The molecule has 1 amide bonds. The lowest BCUT2D eigenvalue weighted by molar-refractivity contribution is -0.137. The van der Waals surface area contributed by atoms with Gasteiger partial charge in [-0.2, -0.15) is 13.2 Å². The molecule has 234 valence electrons. The topological polar surface area (TPSA) is 77.9 Å². The highest BCUT2D eigenvalue weighted by Gasteiger charge is 2.41. The molecule has 0 saturated carbocycles. The number of thioether (sulfide) groups is 1. The van der Waals surface area contributed by atoms with Crippen LogP contribution in [0.4, 0.5) is 27.6 Å². The summed E-state index contributed by atoms with van der Waals surface area (Å²) in [5.74, 6) is -2.49. The number of benzene rings is 2. The third-order valence-electron chi connectivity index (χ3n) is 7.38. The zero-order chi connectivity index (χ0) is 31.6. The molecular formula is C29H32ClF5N4O3S. The second-order valence-electron chi connectivity index (χ2n) is 10.4. The molecule has 14 heteroatoms. The van der Waals surface area contributed by atoms with Crippen LogP contribution in [0.5, 0.6) is 0 Å². The lowest BCUT2D eigenvalue weighted by atomic mass is 9.93. The van der Waals surface area contributed by atoms with Gasteiger partial charge in [-0.3, -0.25) is 10.2 Å². The van der Waals surface area contributed by atoms with Gasteiger partial charge < -0.3 is 24.6 Å². The van der Waals surface area contributed by atoms with Crippen molar-refractivity contribution in [3.8, 4) is 11.1 Å². The van der Waals surface area contributed by atoms with Crippen LogP contribution < -0.4 is 5.32 Å². The minimum absolute atomic E-state index is 0.0451. The summed E-state index contributed by atoms with van der Waals surface area (Å²) < 4.78 is 83.9. The molecule has 0 spiro atoms. The maximum absolute atomic E-state index is 15.1. The SMILES string of the molecule is C=CC(=O)N1C[C@H](C)N(C(=N)c2cc(C(F)(F)F)c(-c3cc(Cl)c(F)cc3F)c3c2N[C@@H](COCCOC)CS3)C[C@H]1C. The third kappa shape index (κ3) is 6.95. The van der Waals surface area contributed by atoms with Crippen LogP contribution in [0.2, 0.25) is 5.02 Å². The molecule has 4 rings (SSSR count). The molecule has 0 unspecified atom stereocenters. The number of nitrogens with zero attached hydrogens (tertiary/aromatic N) is 2. The number of amidine groups is 1. The molecule has 2 aromatic carbocycles. The highest BCUT2D eigenvalue weighted by atomic mass is 35.5. The zero-order valence-corrected chi connectivity index (χ0v) is 25.4. The smallest absolute Gasteiger partial charge is 0.382 e. The van der Waals surface area contributed by atoms with Gasteiger partial charge >= 0.3 is 6.18 Å². The number of anilines is 1. The Labute approximate surface area is 255 Å². The first-order chi connectivity index (χ1) is 20.3. The van der Waals surface area contributed by atoms with Gasteiger partial charge in [-0.05, 0) is 32.1 Å². The number of hydrogen-bond donors (Lipinski definition) is 2. The largest absolute Gasteiger partial charge is 0.417 e. The first-order valence-electron chi connectivity index (χ1n) is 13.5. The standard InChI is InChI=1S/C29H32ClF5N4O3S/c1-5-24(40)38-11-16(3)39(12-15(38)2)28(36)19-8-20(29(33,34)35)25(18-9-21(30)23(32)10-22(18)31)27-26(19)37-17(14-43-27)13-42-7-6-41-4/h5,8-10,15-17,36-37H,1,6-7,11-14H2,2-4H3/t15-,16+,17+/m1/s1. The van der Waals surface area contributed by atoms with Crippen molar-refractivity contribution in [1.29, 1.82) is 5.41 Å². The van der Waals surface area contributed by atoms with E-state index in [9.17, 15) is 22.4 Å². The normalized spacial score (nSPS) is 20.4. The van der Waals surface area contributed by atoms with E-state index >= 15 is 4.39 Å². The number of methoxy groups -OCH3 is 1. The second-order valence-corrected chi connectivity index (χ2v) is 11.8. The molecule has 2 aromatic rings. The van der Waals surface area contributed by atoms with E-state index in [4.69, 9.17) is 26.5 Å². The summed E-state index contributed by atoms with van der Waals surface area (Å²) >= 11 is 6.96. The highest BCUT2D eigenvalue weighted by Crippen LogP contribution is 2.50. The number of rotatable bonds is 8. The van der Waals surface area contributed by atoms with E-state index in [0.29, 0.717) is 19.3 Å². The number of ether oxygens (including phenoxy) is 2. The summed E-state index contributed by atoms with van der Waals surface area (Å²) in [6.07, 6.45) is -3.76. The predicted octanol–water partition coefficient (Wildman–Crippen LogP) is 6.29. The maximum atomic E-state index is 15.1. The van der Waals surface area contributed by atoms with Crippen molar-refractivity contribution in [2.45, 2.75) is 43.0 Å². The highest BCUT2D eigenvalue weighted by molar-refractivity contribution is 7.99. The van der Waals surface area contributed by atoms with E-state index in [1.54, 1.807) is 23.6 Å². The van der Waals surface area contributed by atoms with Gasteiger partial charge in [0, 0.05) is 65.7 Å².